The first-order valence-electron chi connectivity index (χ1n) is 8.15. The average Bonchev–Trinajstić information content (AvgIpc) is 3.16. The molecule has 0 amide bonds. The van der Waals surface area contributed by atoms with Crippen LogP contribution in [0.2, 0.25) is 0 Å². The van der Waals surface area contributed by atoms with Gasteiger partial charge in [-0.2, -0.15) is 0 Å². The summed E-state index contributed by atoms with van der Waals surface area (Å²) in [7, 11) is 0. The highest BCUT2D eigenvalue weighted by molar-refractivity contribution is 6.03. The molecule has 0 aliphatic rings. The molecule has 0 radical (unpaired) electrons. The van der Waals surface area contributed by atoms with Crippen molar-refractivity contribution in [2.24, 2.45) is 9.98 Å². The number of aromatic nitrogens is 4. The first kappa shape index (κ1) is 15.3. The van der Waals surface area contributed by atoms with E-state index in [9.17, 15) is 0 Å². The van der Waals surface area contributed by atoms with Gasteiger partial charge in [-0.1, -0.05) is 24.3 Å². The lowest BCUT2D eigenvalue weighted by molar-refractivity contribution is 1.23. The zero-order valence-electron chi connectivity index (χ0n) is 14.1. The van der Waals surface area contributed by atoms with Crippen LogP contribution in [-0.4, -0.2) is 31.4 Å². The molecule has 0 atom stereocenters. The number of hydrogen-bond donors (Lipinski definition) is 2. The molecule has 0 saturated carbocycles. The van der Waals surface area contributed by atoms with E-state index in [-0.39, 0.29) is 0 Å². The summed E-state index contributed by atoms with van der Waals surface area (Å²) in [6.45, 7) is 3.95. The van der Waals surface area contributed by atoms with Crippen LogP contribution in [0, 0.1) is 0 Å². The molecule has 0 bridgehead atoms. The minimum absolute atomic E-state index is 0.621. The van der Waals surface area contributed by atoms with Gasteiger partial charge in [0, 0.05) is 17.8 Å². The fourth-order valence-electron chi connectivity index (χ4n) is 2.80. The van der Waals surface area contributed by atoms with Crippen molar-refractivity contribution in [3.05, 3.63) is 48.5 Å². The van der Waals surface area contributed by atoms with E-state index in [2.05, 4.69) is 29.9 Å². The SMILES string of the molecule is C/C(C/C(C)=N/c1nc2ccccc2[nH]1)=N\c1nc2ccccc2[nH]1. The van der Waals surface area contributed by atoms with Crippen LogP contribution in [0.1, 0.15) is 20.3 Å². The zero-order valence-corrected chi connectivity index (χ0v) is 14.1. The number of nitrogens with zero attached hydrogens (tertiary/aromatic N) is 4. The van der Waals surface area contributed by atoms with Crippen molar-refractivity contribution in [2.45, 2.75) is 20.3 Å². The molecule has 2 N–H and O–H groups in total. The summed E-state index contributed by atoms with van der Waals surface area (Å²) in [6.07, 6.45) is 0.661. The normalized spacial score (nSPS) is 13.0. The molecule has 0 spiro atoms. The minimum Gasteiger partial charge on any atom is -0.322 e. The fraction of sp³-hybridized carbons (Fsp3) is 0.158. The Morgan fingerprint density at radius 1 is 0.760 bits per heavy atom. The Balaban J connectivity index is 1.53. The van der Waals surface area contributed by atoms with Gasteiger partial charge in [0.05, 0.1) is 22.1 Å². The maximum atomic E-state index is 4.56. The van der Waals surface area contributed by atoms with Gasteiger partial charge >= 0.3 is 0 Å². The largest absolute Gasteiger partial charge is 0.322 e. The van der Waals surface area contributed by atoms with Crippen molar-refractivity contribution in [3.8, 4) is 0 Å². The quantitative estimate of drug-likeness (QED) is 0.531. The smallest absolute Gasteiger partial charge is 0.227 e. The number of fused-ring (bicyclic) bond motifs is 2. The number of para-hydroxylation sites is 4. The topological polar surface area (TPSA) is 82.1 Å². The highest BCUT2D eigenvalue weighted by Gasteiger charge is 2.04. The van der Waals surface area contributed by atoms with Gasteiger partial charge in [-0.15, -0.1) is 0 Å². The number of imidazole rings is 2. The van der Waals surface area contributed by atoms with Crippen LogP contribution in [0.15, 0.2) is 58.5 Å². The lowest BCUT2D eigenvalue weighted by atomic mass is 10.2. The molecule has 4 rings (SSSR count). The first-order valence-corrected chi connectivity index (χ1v) is 8.15. The third kappa shape index (κ3) is 3.33. The molecule has 6 nitrogen and oxygen atoms in total. The van der Waals surface area contributed by atoms with Crippen LogP contribution in [0.25, 0.3) is 22.1 Å². The Bertz CT molecular complexity index is 945. The lowest BCUT2D eigenvalue weighted by Gasteiger charge is -1.98. The Morgan fingerprint density at radius 2 is 1.20 bits per heavy atom. The third-order valence-electron chi connectivity index (χ3n) is 3.86. The molecule has 0 saturated heterocycles. The molecule has 2 aromatic carbocycles. The van der Waals surface area contributed by atoms with E-state index in [1.54, 1.807) is 0 Å². The number of aliphatic imine (C=N–C) groups is 2. The van der Waals surface area contributed by atoms with Crippen LogP contribution < -0.4 is 0 Å². The maximum absolute atomic E-state index is 4.56. The van der Waals surface area contributed by atoms with E-state index >= 15 is 0 Å². The Labute approximate surface area is 144 Å². The third-order valence-corrected chi connectivity index (χ3v) is 3.86. The van der Waals surface area contributed by atoms with E-state index in [1.807, 2.05) is 62.4 Å². The molecule has 0 fully saturated rings. The van der Waals surface area contributed by atoms with Gasteiger partial charge in [0.15, 0.2) is 0 Å². The average molecular weight is 330 g/mol. The van der Waals surface area contributed by atoms with Gasteiger partial charge in [0.1, 0.15) is 0 Å². The van der Waals surface area contributed by atoms with Crippen molar-refractivity contribution in [3.63, 3.8) is 0 Å². The van der Waals surface area contributed by atoms with Gasteiger partial charge in [-0.05, 0) is 38.1 Å². The predicted octanol–water partition coefficient (Wildman–Crippen LogP) is 4.71. The molecular weight excluding hydrogens is 312 g/mol. The minimum atomic E-state index is 0.621. The molecule has 124 valence electrons. The van der Waals surface area contributed by atoms with Crippen LogP contribution in [-0.2, 0) is 0 Å². The van der Waals surface area contributed by atoms with Crippen molar-refractivity contribution in [2.75, 3.05) is 0 Å². The zero-order chi connectivity index (χ0) is 17.2. The van der Waals surface area contributed by atoms with Crippen LogP contribution in [0.4, 0.5) is 11.9 Å². The summed E-state index contributed by atoms with van der Waals surface area (Å²) in [4.78, 5) is 24.5. The van der Waals surface area contributed by atoms with E-state index in [4.69, 9.17) is 0 Å². The van der Waals surface area contributed by atoms with Crippen LogP contribution in [0.3, 0.4) is 0 Å². The molecule has 2 aromatic heterocycles. The molecule has 2 heterocycles. The highest BCUT2D eigenvalue weighted by Crippen LogP contribution is 2.18. The van der Waals surface area contributed by atoms with Gasteiger partial charge in [0.25, 0.3) is 0 Å². The summed E-state index contributed by atoms with van der Waals surface area (Å²) in [6, 6.07) is 15.8. The molecule has 4 aromatic rings. The van der Waals surface area contributed by atoms with E-state index in [0.29, 0.717) is 18.3 Å². The Hall–Kier alpha value is -3.28. The molecule has 6 heteroatoms. The van der Waals surface area contributed by atoms with Crippen LogP contribution >= 0.6 is 0 Å². The standard InChI is InChI=1S/C19H18N6/c1-12(20-18-22-14-7-3-4-8-15(14)23-18)11-13(2)21-19-24-16-9-5-6-10-17(16)25-19/h3-10H,11H2,1-2H3,(H,22,23)(H,24,25)/b20-12+,21-13+. The number of nitrogens with one attached hydrogen (secondary N) is 2. The maximum Gasteiger partial charge on any atom is 0.227 e. The van der Waals surface area contributed by atoms with Crippen molar-refractivity contribution < 1.29 is 0 Å². The second-order valence-electron chi connectivity index (χ2n) is 6.03. The summed E-state index contributed by atoms with van der Waals surface area (Å²) >= 11 is 0. The summed E-state index contributed by atoms with van der Waals surface area (Å²) in [5, 5.41) is 0. The summed E-state index contributed by atoms with van der Waals surface area (Å²) in [5.41, 5.74) is 5.69. The van der Waals surface area contributed by atoms with Gasteiger partial charge in [-0.25, -0.2) is 20.0 Å². The molecule has 0 aliphatic carbocycles. The predicted molar refractivity (Wildman–Crippen MR) is 102 cm³/mol. The second-order valence-corrected chi connectivity index (χ2v) is 6.03. The van der Waals surface area contributed by atoms with Gasteiger partial charge < -0.3 is 9.97 Å². The van der Waals surface area contributed by atoms with Crippen molar-refractivity contribution >= 4 is 45.4 Å². The first-order chi connectivity index (χ1) is 12.2. The van der Waals surface area contributed by atoms with Gasteiger partial charge in [-0.3, -0.25) is 0 Å². The highest BCUT2D eigenvalue weighted by atomic mass is 15.1. The molecule has 0 unspecified atom stereocenters. The Morgan fingerprint density at radius 3 is 1.64 bits per heavy atom. The van der Waals surface area contributed by atoms with Crippen LogP contribution in [0.5, 0.6) is 0 Å². The molecular formula is C19H18N6. The Kier molecular flexibility index (Phi) is 3.85. The summed E-state index contributed by atoms with van der Waals surface area (Å²) in [5.74, 6) is 1.24. The fourth-order valence-corrected chi connectivity index (χ4v) is 2.80. The monoisotopic (exact) mass is 330 g/mol. The number of aromatic amines is 2. The molecule has 25 heavy (non-hydrogen) atoms. The number of benzene rings is 2. The lowest BCUT2D eigenvalue weighted by Crippen LogP contribution is -2.00. The van der Waals surface area contributed by atoms with Gasteiger partial charge in [0.2, 0.25) is 11.9 Å². The summed E-state index contributed by atoms with van der Waals surface area (Å²) < 4.78 is 0. The number of H-pyrrole nitrogens is 2. The van der Waals surface area contributed by atoms with Crippen molar-refractivity contribution in [1.29, 1.82) is 0 Å². The second kappa shape index (κ2) is 6.32. The molecule has 0 aliphatic heterocycles. The van der Waals surface area contributed by atoms with E-state index < -0.39 is 0 Å². The van der Waals surface area contributed by atoms with Crippen molar-refractivity contribution in [1.82, 2.24) is 19.9 Å². The number of hydrogen-bond acceptors (Lipinski definition) is 4. The van der Waals surface area contributed by atoms with E-state index in [0.717, 1.165) is 33.5 Å². The van der Waals surface area contributed by atoms with E-state index in [1.165, 1.54) is 0 Å². The number of rotatable bonds is 4.